The summed E-state index contributed by atoms with van der Waals surface area (Å²) in [6.45, 7) is 5.62. The van der Waals surface area contributed by atoms with Crippen LogP contribution in [0.5, 0.6) is 0 Å². The predicted molar refractivity (Wildman–Crippen MR) is 96.7 cm³/mol. The fraction of sp³-hybridized carbons (Fsp3) is 0.333. The van der Waals surface area contributed by atoms with Crippen LogP contribution in [0, 0.1) is 0 Å². The molecule has 1 heterocycles. The van der Waals surface area contributed by atoms with Gasteiger partial charge in [0.15, 0.2) is 6.29 Å². The van der Waals surface area contributed by atoms with Crippen molar-refractivity contribution in [2.24, 2.45) is 0 Å². The van der Waals surface area contributed by atoms with E-state index < -0.39 is 0 Å². The fourth-order valence-electron chi connectivity index (χ4n) is 3.29. The van der Waals surface area contributed by atoms with Gasteiger partial charge in [-0.25, -0.2) is 0 Å². The maximum absolute atomic E-state index is 6.06. The molecule has 0 radical (unpaired) electrons. The molecule has 3 nitrogen and oxygen atoms in total. The summed E-state index contributed by atoms with van der Waals surface area (Å²) in [6, 6.07) is 21.4. The highest BCUT2D eigenvalue weighted by molar-refractivity contribution is 5.19. The van der Waals surface area contributed by atoms with Crippen molar-refractivity contribution in [3.63, 3.8) is 0 Å². The van der Waals surface area contributed by atoms with Crippen molar-refractivity contribution in [3.8, 4) is 0 Å². The molecule has 0 aromatic heterocycles. The Morgan fingerprint density at radius 3 is 2.29 bits per heavy atom. The van der Waals surface area contributed by atoms with E-state index in [1.165, 1.54) is 11.1 Å². The maximum Gasteiger partial charge on any atom is 0.170 e. The van der Waals surface area contributed by atoms with E-state index in [1.807, 2.05) is 6.08 Å². The summed E-state index contributed by atoms with van der Waals surface area (Å²) in [5.41, 5.74) is 2.61. The smallest absolute Gasteiger partial charge is 0.170 e. The minimum atomic E-state index is -0.219. The minimum Gasteiger partial charge on any atom is -0.354 e. The first-order valence-corrected chi connectivity index (χ1v) is 8.43. The van der Waals surface area contributed by atoms with Gasteiger partial charge in [0.1, 0.15) is 0 Å². The lowest BCUT2D eigenvalue weighted by Crippen LogP contribution is -2.55. The number of benzene rings is 2. The van der Waals surface area contributed by atoms with Gasteiger partial charge in [0, 0.05) is 19.7 Å². The van der Waals surface area contributed by atoms with E-state index in [9.17, 15) is 0 Å². The van der Waals surface area contributed by atoms with Gasteiger partial charge < -0.3 is 9.47 Å². The molecule has 0 saturated carbocycles. The van der Waals surface area contributed by atoms with Crippen LogP contribution in [0.15, 0.2) is 73.3 Å². The summed E-state index contributed by atoms with van der Waals surface area (Å²) in [6.07, 6.45) is 2.56. The molecule has 0 N–H and O–H groups in total. The summed E-state index contributed by atoms with van der Waals surface area (Å²) in [7, 11) is 1.70. The molecule has 1 fully saturated rings. The Kier molecular flexibility index (Phi) is 5.81. The van der Waals surface area contributed by atoms with Gasteiger partial charge in [0.2, 0.25) is 0 Å². The minimum absolute atomic E-state index is 0.0485. The quantitative estimate of drug-likeness (QED) is 0.757. The molecule has 1 aliphatic heterocycles. The van der Waals surface area contributed by atoms with Gasteiger partial charge in [-0.2, -0.15) is 0 Å². The molecule has 2 aromatic rings. The van der Waals surface area contributed by atoms with Gasteiger partial charge in [-0.15, -0.1) is 6.58 Å². The summed E-state index contributed by atoms with van der Waals surface area (Å²) < 4.78 is 11.5. The van der Waals surface area contributed by atoms with E-state index in [4.69, 9.17) is 9.47 Å². The Hall–Kier alpha value is -1.94. The number of hydrogen-bond donors (Lipinski definition) is 0. The molecule has 1 aliphatic rings. The molecule has 3 heteroatoms. The van der Waals surface area contributed by atoms with Crippen LogP contribution >= 0.6 is 0 Å². The zero-order chi connectivity index (χ0) is 16.8. The average molecular weight is 323 g/mol. The number of methoxy groups -OCH3 is 1. The molecule has 0 amide bonds. The molecule has 3 rings (SSSR count). The standard InChI is InChI=1S/C21H25NO2/c1-3-20-19(14-17-10-6-4-7-11-17)22(16-21(23-2)24-20)15-18-12-8-5-9-13-18/h3-13,19-21H,1,14-16H2,2H3/t19-,20+,21?/m0/s1. The second kappa shape index (κ2) is 8.25. The average Bonchev–Trinajstić information content (AvgIpc) is 2.64. The molecular formula is C21H25NO2. The molecule has 1 saturated heterocycles. The second-order valence-electron chi connectivity index (χ2n) is 6.17. The zero-order valence-electron chi connectivity index (χ0n) is 14.2. The van der Waals surface area contributed by atoms with Crippen molar-refractivity contribution in [2.75, 3.05) is 13.7 Å². The van der Waals surface area contributed by atoms with Gasteiger partial charge in [0.25, 0.3) is 0 Å². The molecule has 1 unspecified atom stereocenters. The lowest BCUT2D eigenvalue weighted by Gasteiger charge is -2.43. The Labute approximate surface area is 144 Å². The first-order chi connectivity index (χ1) is 11.8. The molecule has 3 atom stereocenters. The molecule has 2 aromatic carbocycles. The number of rotatable bonds is 6. The predicted octanol–water partition coefficient (Wildman–Crippen LogP) is 3.66. The molecule has 0 bridgehead atoms. The highest BCUT2D eigenvalue weighted by Crippen LogP contribution is 2.25. The second-order valence-corrected chi connectivity index (χ2v) is 6.17. The van der Waals surface area contributed by atoms with Crippen LogP contribution in [0.4, 0.5) is 0 Å². The van der Waals surface area contributed by atoms with Crippen LogP contribution in [0.3, 0.4) is 0 Å². The summed E-state index contributed by atoms with van der Waals surface area (Å²) in [4.78, 5) is 2.45. The van der Waals surface area contributed by atoms with Crippen molar-refractivity contribution >= 4 is 0 Å². The van der Waals surface area contributed by atoms with Crippen LogP contribution in [-0.4, -0.2) is 37.0 Å². The van der Waals surface area contributed by atoms with Gasteiger partial charge in [-0.1, -0.05) is 66.7 Å². The van der Waals surface area contributed by atoms with Gasteiger partial charge >= 0.3 is 0 Å². The Bertz CT molecular complexity index is 629. The van der Waals surface area contributed by atoms with Crippen molar-refractivity contribution < 1.29 is 9.47 Å². The molecule has 0 spiro atoms. The van der Waals surface area contributed by atoms with Gasteiger partial charge in [0.05, 0.1) is 12.6 Å². The number of hydrogen-bond acceptors (Lipinski definition) is 3. The highest BCUT2D eigenvalue weighted by Gasteiger charge is 2.35. The van der Waals surface area contributed by atoms with Gasteiger partial charge in [-0.3, -0.25) is 4.90 Å². The monoisotopic (exact) mass is 323 g/mol. The molecule has 0 aliphatic carbocycles. The third kappa shape index (κ3) is 4.12. The lowest BCUT2D eigenvalue weighted by molar-refractivity contribution is -0.206. The van der Waals surface area contributed by atoms with E-state index in [0.717, 1.165) is 19.5 Å². The van der Waals surface area contributed by atoms with Crippen LogP contribution in [0.25, 0.3) is 0 Å². The van der Waals surface area contributed by atoms with E-state index in [1.54, 1.807) is 7.11 Å². The van der Waals surface area contributed by atoms with E-state index >= 15 is 0 Å². The normalized spacial score (nSPS) is 24.6. The third-order valence-corrected chi connectivity index (χ3v) is 4.55. The third-order valence-electron chi connectivity index (χ3n) is 4.55. The summed E-state index contributed by atoms with van der Waals surface area (Å²) in [5.74, 6) is 0. The van der Waals surface area contributed by atoms with Crippen LogP contribution in [0.2, 0.25) is 0 Å². The van der Waals surface area contributed by atoms with Crippen LogP contribution in [-0.2, 0) is 22.4 Å². The first kappa shape index (κ1) is 16.9. The Morgan fingerprint density at radius 2 is 1.71 bits per heavy atom. The lowest BCUT2D eigenvalue weighted by atomic mass is 9.97. The maximum atomic E-state index is 6.06. The van der Waals surface area contributed by atoms with E-state index in [-0.39, 0.29) is 18.4 Å². The number of nitrogens with zero attached hydrogens (tertiary/aromatic N) is 1. The summed E-state index contributed by atoms with van der Waals surface area (Å²) in [5, 5.41) is 0. The van der Waals surface area contributed by atoms with E-state index in [2.05, 4.69) is 72.1 Å². The number of ether oxygens (including phenoxy) is 2. The largest absolute Gasteiger partial charge is 0.354 e. The van der Waals surface area contributed by atoms with Crippen molar-refractivity contribution in [2.45, 2.75) is 31.4 Å². The van der Waals surface area contributed by atoms with Crippen molar-refractivity contribution in [3.05, 3.63) is 84.4 Å². The summed E-state index contributed by atoms with van der Waals surface area (Å²) >= 11 is 0. The molecular weight excluding hydrogens is 298 g/mol. The topological polar surface area (TPSA) is 21.7 Å². The molecule has 24 heavy (non-hydrogen) atoms. The SMILES string of the molecule is C=C[C@H]1OC(OC)CN(Cc2ccccc2)[C@H]1Cc1ccccc1. The Morgan fingerprint density at radius 1 is 1.08 bits per heavy atom. The Balaban J connectivity index is 1.82. The van der Waals surface area contributed by atoms with Gasteiger partial charge in [-0.05, 0) is 17.5 Å². The zero-order valence-corrected chi connectivity index (χ0v) is 14.2. The first-order valence-electron chi connectivity index (χ1n) is 8.43. The van der Waals surface area contributed by atoms with Crippen LogP contribution in [0.1, 0.15) is 11.1 Å². The highest BCUT2D eigenvalue weighted by atomic mass is 16.7. The van der Waals surface area contributed by atoms with E-state index in [0.29, 0.717) is 0 Å². The number of morpholine rings is 1. The molecule has 126 valence electrons. The van der Waals surface area contributed by atoms with Crippen molar-refractivity contribution in [1.82, 2.24) is 4.90 Å². The van der Waals surface area contributed by atoms with Crippen LogP contribution < -0.4 is 0 Å². The van der Waals surface area contributed by atoms with Crippen molar-refractivity contribution in [1.29, 1.82) is 0 Å². The fourth-order valence-corrected chi connectivity index (χ4v) is 3.29.